The molecule has 0 atom stereocenters. The average Bonchev–Trinajstić information content (AvgIpc) is 2.38. The Morgan fingerprint density at radius 3 is 2.59 bits per heavy atom. The number of hydrogen-bond acceptors (Lipinski definition) is 4. The van der Waals surface area contributed by atoms with E-state index in [0.29, 0.717) is 24.4 Å². The number of Topliss-reactive ketones (excluding diaryl/α,β-unsaturated/α-hetero) is 1. The highest BCUT2D eigenvalue weighted by molar-refractivity contribution is 6.04. The Balaban J connectivity index is 2.89. The fourth-order valence-corrected chi connectivity index (χ4v) is 1.21. The summed E-state index contributed by atoms with van der Waals surface area (Å²) in [7, 11) is 0. The molecule has 0 aliphatic carbocycles. The summed E-state index contributed by atoms with van der Waals surface area (Å²) >= 11 is 0. The van der Waals surface area contributed by atoms with E-state index in [9.17, 15) is 9.59 Å². The van der Waals surface area contributed by atoms with Gasteiger partial charge in [0, 0.05) is 25.1 Å². The second-order valence-electron chi connectivity index (χ2n) is 3.49. The third-order valence-corrected chi connectivity index (χ3v) is 2.20. The zero-order valence-corrected chi connectivity index (χ0v) is 10.1. The predicted molar refractivity (Wildman–Crippen MR) is 66.5 cm³/mol. The van der Waals surface area contributed by atoms with Crippen LogP contribution in [0, 0.1) is 0 Å². The van der Waals surface area contributed by atoms with Gasteiger partial charge < -0.3 is 5.32 Å². The van der Waals surface area contributed by atoms with Crippen LogP contribution in [0.3, 0.4) is 0 Å². The molecule has 4 heteroatoms. The molecule has 0 saturated carbocycles. The van der Waals surface area contributed by atoms with E-state index in [1.165, 1.54) is 6.08 Å². The van der Waals surface area contributed by atoms with Crippen LogP contribution in [0.1, 0.15) is 26.7 Å². The van der Waals surface area contributed by atoms with Gasteiger partial charge in [0.2, 0.25) is 0 Å². The van der Waals surface area contributed by atoms with Crippen molar-refractivity contribution in [2.24, 2.45) is 0 Å². The molecule has 0 radical (unpaired) electrons. The predicted octanol–water partition coefficient (Wildman–Crippen LogP) is 2.34. The van der Waals surface area contributed by atoms with Gasteiger partial charge in [0.05, 0.1) is 5.70 Å². The minimum atomic E-state index is -0.0996. The van der Waals surface area contributed by atoms with Crippen LogP contribution < -0.4 is 5.32 Å². The van der Waals surface area contributed by atoms with Gasteiger partial charge in [0.25, 0.3) is 0 Å². The van der Waals surface area contributed by atoms with Crippen LogP contribution in [0.25, 0.3) is 0 Å². The number of nitrogens with zero attached hydrogens (tertiary/aromatic N) is 1. The van der Waals surface area contributed by atoms with Crippen LogP contribution in [0.5, 0.6) is 0 Å². The van der Waals surface area contributed by atoms with Crippen molar-refractivity contribution in [3.05, 3.63) is 36.2 Å². The summed E-state index contributed by atoms with van der Waals surface area (Å²) < 4.78 is 0. The lowest BCUT2D eigenvalue weighted by Crippen LogP contribution is -2.13. The lowest BCUT2D eigenvalue weighted by atomic mass is 10.1. The second kappa shape index (κ2) is 6.58. The van der Waals surface area contributed by atoms with Gasteiger partial charge in [-0.1, -0.05) is 19.9 Å². The van der Waals surface area contributed by atoms with E-state index in [0.717, 1.165) is 0 Å². The highest BCUT2D eigenvalue weighted by Crippen LogP contribution is 2.08. The van der Waals surface area contributed by atoms with Crippen molar-refractivity contribution in [2.75, 3.05) is 5.32 Å². The SMILES string of the molecule is CCC(=O)/C=C(/Nc1ccccn1)C(=O)CC. The first-order chi connectivity index (χ1) is 8.17. The maximum atomic E-state index is 11.7. The highest BCUT2D eigenvalue weighted by Gasteiger charge is 2.09. The third-order valence-electron chi connectivity index (χ3n) is 2.20. The number of allylic oxidation sites excluding steroid dienone is 2. The molecular weight excluding hydrogens is 216 g/mol. The molecule has 0 spiro atoms. The molecule has 4 nitrogen and oxygen atoms in total. The molecule has 1 N–H and O–H groups in total. The van der Waals surface area contributed by atoms with Gasteiger partial charge >= 0.3 is 0 Å². The number of carbonyl (C=O) groups is 2. The molecule has 1 rings (SSSR count). The summed E-state index contributed by atoms with van der Waals surface area (Å²) in [5, 5.41) is 2.87. The van der Waals surface area contributed by atoms with Crippen LogP contribution in [-0.2, 0) is 9.59 Å². The number of nitrogens with one attached hydrogen (secondary N) is 1. The molecule has 1 heterocycles. The normalized spacial score (nSPS) is 11.1. The monoisotopic (exact) mass is 232 g/mol. The molecule has 90 valence electrons. The first kappa shape index (κ1) is 13.1. The summed E-state index contributed by atoms with van der Waals surface area (Å²) in [5.74, 6) is 0.382. The van der Waals surface area contributed by atoms with E-state index in [1.807, 2.05) is 6.07 Å². The van der Waals surface area contributed by atoms with Crippen molar-refractivity contribution >= 4 is 17.4 Å². The van der Waals surface area contributed by atoms with E-state index >= 15 is 0 Å². The fourth-order valence-electron chi connectivity index (χ4n) is 1.21. The largest absolute Gasteiger partial charge is 0.337 e. The van der Waals surface area contributed by atoms with E-state index in [4.69, 9.17) is 0 Å². The topological polar surface area (TPSA) is 59.1 Å². The summed E-state index contributed by atoms with van der Waals surface area (Å²) in [6.07, 6.45) is 3.70. The number of pyridine rings is 1. The number of ketones is 2. The van der Waals surface area contributed by atoms with Gasteiger partial charge in [0.15, 0.2) is 11.6 Å². The molecule has 17 heavy (non-hydrogen) atoms. The molecule has 0 fully saturated rings. The van der Waals surface area contributed by atoms with E-state index in [2.05, 4.69) is 10.3 Å². The molecule has 0 bridgehead atoms. The van der Waals surface area contributed by atoms with Crippen LogP contribution >= 0.6 is 0 Å². The molecule has 1 aromatic heterocycles. The molecule has 0 amide bonds. The summed E-state index contributed by atoms with van der Waals surface area (Å²) in [6.45, 7) is 3.51. The quantitative estimate of drug-likeness (QED) is 0.765. The van der Waals surface area contributed by atoms with Crippen LogP contribution in [0.2, 0.25) is 0 Å². The molecule has 0 aromatic carbocycles. The van der Waals surface area contributed by atoms with E-state index in [-0.39, 0.29) is 11.6 Å². The lowest BCUT2D eigenvalue weighted by Gasteiger charge is -2.07. The molecule has 1 aromatic rings. The van der Waals surface area contributed by atoms with Crippen molar-refractivity contribution in [2.45, 2.75) is 26.7 Å². The number of aromatic nitrogens is 1. The van der Waals surface area contributed by atoms with Gasteiger partial charge in [-0.15, -0.1) is 0 Å². The van der Waals surface area contributed by atoms with Crippen LogP contribution in [0.4, 0.5) is 5.82 Å². The Labute approximate surface area is 101 Å². The smallest absolute Gasteiger partial charge is 0.178 e. The van der Waals surface area contributed by atoms with Crippen molar-refractivity contribution in [1.82, 2.24) is 4.98 Å². The maximum Gasteiger partial charge on any atom is 0.178 e. The van der Waals surface area contributed by atoms with E-state index in [1.54, 1.807) is 32.2 Å². The van der Waals surface area contributed by atoms with Gasteiger partial charge in [-0.25, -0.2) is 4.98 Å². The van der Waals surface area contributed by atoms with Crippen LogP contribution in [-0.4, -0.2) is 16.6 Å². The number of anilines is 1. The van der Waals surface area contributed by atoms with Gasteiger partial charge in [-0.05, 0) is 12.1 Å². The average molecular weight is 232 g/mol. The number of carbonyl (C=O) groups excluding carboxylic acids is 2. The minimum Gasteiger partial charge on any atom is -0.337 e. The van der Waals surface area contributed by atoms with Crippen molar-refractivity contribution in [3.8, 4) is 0 Å². The van der Waals surface area contributed by atoms with Crippen molar-refractivity contribution in [3.63, 3.8) is 0 Å². The number of rotatable bonds is 6. The third kappa shape index (κ3) is 4.18. The van der Waals surface area contributed by atoms with E-state index < -0.39 is 0 Å². The highest BCUT2D eigenvalue weighted by atomic mass is 16.1. The minimum absolute atomic E-state index is 0.0785. The molecule has 0 unspecified atom stereocenters. The Bertz CT molecular complexity index is 424. The standard InChI is InChI=1S/C13H16N2O2/c1-3-10(16)9-11(12(17)4-2)15-13-7-5-6-8-14-13/h5-9H,3-4H2,1-2H3,(H,14,15)/b11-9+. The zero-order valence-electron chi connectivity index (χ0n) is 10.1. The van der Waals surface area contributed by atoms with Gasteiger partial charge in [0.1, 0.15) is 5.82 Å². The zero-order chi connectivity index (χ0) is 12.7. The lowest BCUT2D eigenvalue weighted by molar-refractivity contribution is -0.117. The van der Waals surface area contributed by atoms with Gasteiger partial charge in [-0.2, -0.15) is 0 Å². The van der Waals surface area contributed by atoms with Crippen molar-refractivity contribution in [1.29, 1.82) is 0 Å². The molecule has 0 aliphatic rings. The summed E-state index contributed by atoms with van der Waals surface area (Å²) in [6, 6.07) is 5.34. The first-order valence-corrected chi connectivity index (χ1v) is 5.63. The first-order valence-electron chi connectivity index (χ1n) is 5.63. The molecular formula is C13H16N2O2. The molecule has 0 saturated heterocycles. The Morgan fingerprint density at radius 1 is 1.29 bits per heavy atom. The number of hydrogen-bond donors (Lipinski definition) is 1. The summed E-state index contributed by atoms with van der Waals surface area (Å²) in [4.78, 5) is 27.1. The Kier molecular flexibility index (Phi) is 5.07. The summed E-state index contributed by atoms with van der Waals surface area (Å²) in [5.41, 5.74) is 0.304. The fraction of sp³-hybridized carbons (Fsp3) is 0.308. The van der Waals surface area contributed by atoms with Gasteiger partial charge in [-0.3, -0.25) is 9.59 Å². The van der Waals surface area contributed by atoms with Crippen LogP contribution in [0.15, 0.2) is 36.2 Å². The van der Waals surface area contributed by atoms with Crippen molar-refractivity contribution < 1.29 is 9.59 Å². The second-order valence-corrected chi connectivity index (χ2v) is 3.49. The molecule has 0 aliphatic heterocycles. The maximum absolute atomic E-state index is 11.7. The Morgan fingerprint density at radius 2 is 2.06 bits per heavy atom. The Hall–Kier alpha value is -1.97.